The highest BCUT2D eigenvalue weighted by molar-refractivity contribution is 6.42. The van der Waals surface area contributed by atoms with Gasteiger partial charge in [0.15, 0.2) is 0 Å². The molecule has 0 aromatic heterocycles. The molecule has 0 fully saturated rings. The monoisotopic (exact) mass is 546 g/mol. The Hall–Kier alpha value is -5.62. The number of fused-ring (bicyclic) bond motifs is 2. The number of hydrogen-bond acceptors (Lipinski definition) is 4. The number of carbonyl (C=O) groups is 4. The van der Waals surface area contributed by atoms with E-state index in [0.29, 0.717) is 22.1 Å². The molecule has 0 bridgehead atoms. The van der Waals surface area contributed by atoms with E-state index in [1.807, 2.05) is 74.5 Å². The molecule has 42 heavy (non-hydrogen) atoms. The number of aryl methyl sites for hydroxylation is 2. The maximum absolute atomic E-state index is 13.9. The van der Waals surface area contributed by atoms with Crippen molar-refractivity contribution in [3.8, 4) is 0 Å². The molecule has 6 heteroatoms. The fourth-order valence-electron chi connectivity index (χ4n) is 6.49. The van der Waals surface area contributed by atoms with Crippen molar-refractivity contribution < 1.29 is 19.2 Å². The zero-order valence-electron chi connectivity index (χ0n) is 22.8. The first-order chi connectivity index (χ1) is 20.3. The van der Waals surface area contributed by atoms with Crippen LogP contribution in [0.3, 0.4) is 0 Å². The summed E-state index contributed by atoms with van der Waals surface area (Å²) < 4.78 is 0. The Kier molecular flexibility index (Phi) is 4.86. The van der Waals surface area contributed by atoms with Crippen LogP contribution in [-0.2, 0) is 0 Å². The largest absolute Gasteiger partial charge is 0.268 e. The van der Waals surface area contributed by atoms with Crippen LogP contribution in [0.5, 0.6) is 0 Å². The third-order valence-corrected chi connectivity index (χ3v) is 8.58. The van der Waals surface area contributed by atoms with E-state index < -0.39 is 23.6 Å². The van der Waals surface area contributed by atoms with E-state index in [2.05, 4.69) is 0 Å². The van der Waals surface area contributed by atoms with Gasteiger partial charge >= 0.3 is 0 Å². The minimum atomic E-state index is -0.490. The number of imide groups is 2. The number of carbonyl (C=O) groups excluding carboxylic acids is 4. The topological polar surface area (TPSA) is 74.8 Å². The predicted octanol–water partition coefficient (Wildman–Crippen LogP) is 7.36. The summed E-state index contributed by atoms with van der Waals surface area (Å²) in [5.74, 6) is -1.96. The number of amides is 4. The highest BCUT2D eigenvalue weighted by atomic mass is 16.2. The molecule has 2 heterocycles. The molecule has 6 aromatic carbocycles. The Morgan fingerprint density at radius 1 is 0.429 bits per heavy atom. The summed E-state index contributed by atoms with van der Waals surface area (Å²) in [4.78, 5) is 57.8. The van der Waals surface area contributed by atoms with Crippen LogP contribution in [0.1, 0.15) is 52.6 Å². The van der Waals surface area contributed by atoms with Crippen LogP contribution < -0.4 is 9.80 Å². The zero-order valence-corrected chi connectivity index (χ0v) is 22.8. The molecule has 0 atom stereocenters. The third-order valence-electron chi connectivity index (χ3n) is 8.58. The molecule has 4 amide bonds. The van der Waals surface area contributed by atoms with Crippen LogP contribution in [0.15, 0.2) is 97.1 Å². The predicted molar refractivity (Wildman–Crippen MR) is 164 cm³/mol. The first kappa shape index (κ1) is 24.2. The van der Waals surface area contributed by atoms with Gasteiger partial charge in [0.2, 0.25) is 0 Å². The Bertz CT molecular complexity index is 2040. The molecule has 0 spiro atoms. The number of nitrogens with zero attached hydrogens (tertiary/aromatic N) is 2. The molecule has 2 aliphatic heterocycles. The Balaban J connectivity index is 1.27. The van der Waals surface area contributed by atoms with Crippen molar-refractivity contribution in [2.45, 2.75) is 13.8 Å². The zero-order chi connectivity index (χ0) is 28.9. The van der Waals surface area contributed by atoms with E-state index >= 15 is 0 Å². The second-order valence-corrected chi connectivity index (χ2v) is 10.9. The third kappa shape index (κ3) is 3.14. The van der Waals surface area contributed by atoms with Gasteiger partial charge in [-0.05, 0) is 95.1 Å². The van der Waals surface area contributed by atoms with Crippen LogP contribution in [0.4, 0.5) is 11.4 Å². The number of anilines is 2. The quantitative estimate of drug-likeness (QED) is 0.213. The molecule has 2 aliphatic rings. The molecule has 0 unspecified atom stereocenters. The molecule has 8 rings (SSSR count). The summed E-state index contributed by atoms with van der Waals surface area (Å²) in [6, 6.07) is 29.2. The molecule has 0 saturated carbocycles. The first-order valence-electron chi connectivity index (χ1n) is 13.7. The molecule has 0 saturated heterocycles. The maximum atomic E-state index is 13.9. The minimum absolute atomic E-state index is 0.282. The van der Waals surface area contributed by atoms with Gasteiger partial charge in [0.25, 0.3) is 23.6 Å². The average Bonchev–Trinajstić information content (AvgIpc) is 2.99. The standard InChI is InChI=1S/C36H22N2O4/c1-19-5-3-7-21-17-23(9-11-25(19)21)37-33(39)27-13-15-29-32-30(16-14-28(31(27)32)34(37)40)36(42)38(35(29)41)24-10-12-26-20(2)6-4-8-22(26)18-24/h3-18H,1-2H3. The van der Waals surface area contributed by atoms with Crippen molar-refractivity contribution in [2.75, 3.05) is 9.80 Å². The Labute approximate surface area is 240 Å². The maximum Gasteiger partial charge on any atom is 0.265 e. The molecule has 0 aliphatic carbocycles. The summed E-state index contributed by atoms with van der Waals surface area (Å²) in [6.45, 7) is 4.03. The summed E-state index contributed by atoms with van der Waals surface area (Å²) in [5.41, 5.74) is 4.26. The van der Waals surface area contributed by atoms with Gasteiger partial charge in [0.1, 0.15) is 0 Å². The molecule has 0 N–H and O–H groups in total. The van der Waals surface area contributed by atoms with E-state index in [1.165, 1.54) is 9.80 Å². The van der Waals surface area contributed by atoms with Gasteiger partial charge in [0, 0.05) is 33.0 Å². The van der Waals surface area contributed by atoms with Crippen LogP contribution in [-0.4, -0.2) is 23.6 Å². The van der Waals surface area contributed by atoms with Crippen LogP contribution in [0.25, 0.3) is 32.3 Å². The van der Waals surface area contributed by atoms with Crippen molar-refractivity contribution in [3.63, 3.8) is 0 Å². The second kappa shape index (κ2) is 8.44. The van der Waals surface area contributed by atoms with Crippen LogP contribution in [0, 0.1) is 13.8 Å². The van der Waals surface area contributed by atoms with E-state index in [0.717, 1.165) is 32.7 Å². The Morgan fingerprint density at radius 2 is 0.786 bits per heavy atom. The van der Waals surface area contributed by atoms with Crippen molar-refractivity contribution >= 4 is 67.3 Å². The van der Waals surface area contributed by atoms with Crippen molar-refractivity contribution in [2.24, 2.45) is 0 Å². The normalized spacial score (nSPS) is 14.5. The molecular formula is C36H22N2O4. The summed E-state index contributed by atoms with van der Waals surface area (Å²) in [5, 5.41) is 4.63. The van der Waals surface area contributed by atoms with E-state index in [-0.39, 0.29) is 22.3 Å². The van der Waals surface area contributed by atoms with Crippen molar-refractivity contribution in [3.05, 3.63) is 130 Å². The summed E-state index contributed by atoms with van der Waals surface area (Å²) >= 11 is 0. The number of rotatable bonds is 2. The van der Waals surface area contributed by atoms with E-state index in [1.54, 1.807) is 36.4 Å². The molecule has 6 aromatic rings. The lowest BCUT2D eigenvalue weighted by molar-refractivity contribution is 0.0873. The van der Waals surface area contributed by atoms with Crippen molar-refractivity contribution in [1.82, 2.24) is 0 Å². The van der Waals surface area contributed by atoms with Crippen molar-refractivity contribution in [1.29, 1.82) is 0 Å². The van der Waals surface area contributed by atoms with Gasteiger partial charge in [-0.2, -0.15) is 0 Å². The summed E-state index contributed by atoms with van der Waals surface area (Å²) in [7, 11) is 0. The van der Waals surface area contributed by atoms with Gasteiger partial charge in [-0.25, -0.2) is 9.80 Å². The molecule has 6 nitrogen and oxygen atoms in total. The fourth-order valence-corrected chi connectivity index (χ4v) is 6.49. The van der Waals surface area contributed by atoms with Gasteiger partial charge < -0.3 is 0 Å². The van der Waals surface area contributed by atoms with E-state index in [9.17, 15) is 19.2 Å². The summed E-state index contributed by atoms with van der Waals surface area (Å²) in [6.07, 6.45) is 0. The van der Waals surface area contributed by atoms with Gasteiger partial charge in [0.05, 0.1) is 11.4 Å². The van der Waals surface area contributed by atoms with E-state index in [4.69, 9.17) is 0 Å². The second-order valence-electron chi connectivity index (χ2n) is 10.9. The first-order valence-corrected chi connectivity index (χ1v) is 13.7. The fraction of sp³-hybridized carbons (Fsp3) is 0.0556. The van der Waals surface area contributed by atoms with Crippen LogP contribution in [0.2, 0.25) is 0 Å². The number of hydrogen-bond donors (Lipinski definition) is 0. The molecular weight excluding hydrogens is 524 g/mol. The van der Waals surface area contributed by atoms with Gasteiger partial charge in [-0.15, -0.1) is 0 Å². The highest BCUT2D eigenvalue weighted by Gasteiger charge is 2.40. The lowest BCUT2D eigenvalue weighted by Gasteiger charge is -2.32. The molecule has 0 radical (unpaired) electrons. The molecule has 200 valence electrons. The SMILES string of the molecule is Cc1cccc2cc(N3C(=O)c4ccc5c6c(ccc(c46)C3=O)C(=O)N(c3ccc4c(C)cccc4c3)C5=O)ccc12. The minimum Gasteiger partial charge on any atom is -0.268 e. The lowest BCUT2D eigenvalue weighted by Crippen LogP contribution is -2.43. The smallest absolute Gasteiger partial charge is 0.265 e. The van der Waals surface area contributed by atoms with Crippen LogP contribution >= 0.6 is 0 Å². The average molecular weight is 547 g/mol. The van der Waals surface area contributed by atoms with Gasteiger partial charge in [-0.1, -0.05) is 48.5 Å². The highest BCUT2D eigenvalue weighted by Crippen LogP contribution is 2.41. The Morgan fingerprint density at radius 3 is 1.14 bits per heavy atom. The lowest BCUT2D eigenvalue weighted by atomic mass is 9.85. The van der Waals surface area contributed by atoms with Gasteiger partial charge in [-0.3, -0.25) is 19.2 Å². The number of benzene rings is 6.